The van der Waals surface area contributed by atoms with Crippen LogP contribution in [-0.4, -0.2) is 13.6 Å². The third-order valence-electron chi connectivity index (χ3n) is 3.57. The van der Waals surface area contributed by atoms with Crippen molar-refractivity contribution in [1.82, 2.24) is 5.32 Å². The first-order chi connectivity index (χ1) is 9.20. The second-order valence-corrected chi connectivity index (χ2v) is 5.27. The van der Waals surface area contributed by atoms with Crippen molar-refractivity contribution in [3.63, 3.8) is 0 Å². The largest absolute Gasteiger partial charge is 0.320 e. The zero-order chi connectivity index (χ0) is 13.7. The molecule has 0 spiro atoms. The SMILES string of the molecule is CNCCC(c1cccc(C)c1)c1cccc(C)c1. The lowest BCUT2D eigenvalue weighted by molar-refractivity contribution is 0.661. The molecule has 0 radical (unpaired) electrons. The fraction of sp³-hybridized carbons (Fsp3) is 0.333. The van der Waals surface area contributed by atoms with Gasteiger partial charge in [0.15, 0.2) is 0 Å². The summed E-state index contributed by atoms with van der Waals surface area (Å²) in [7, 11) is 2.02. The molecular formula is C18H23N. The Hall–Kier alpha value is -1.60. The van der Waals surface area contributed by atoms with E-state index < -0.39 is 0 Å². The van der Waals surface area contributed by atoms with Crippen molar-refractivity contribution in [2.45, 2.75) is 26.2 Å². The highest BCUT2D eigenvalue weighted by atomic mass is 14.8. The molecule has 0 aliphatic rings. The maximum Gasteiger partial charge on any atom is 0.0102 e. The maximum atomic E-state index is 3.27. The van der Waals surface area contributed by atoms with E-state index in [1.807, 2.05) is 7.05 Å². The smallest absolute Gasteiger partial charge is 0.0102 e. The fourth-order valence-corrected chi connectivity index (χ4v) is 2.59. The summed E-state index contributed by atoms with van der Waals surface area (Å²) in [5, 5.41) is 3.27. The van der Waals surface area contributed by atoms with Gasteiger partial charge >= 0.3 is 0 Å². The summed E-state index contributed by atoms with van der Waals surface area (Å²) >= 11 is 0. The van der Waals surface area contributed by atoms with Gasteiger partial charge in [0.2, 0.25) is 0 Å². The number of benzene rings is 2. The number of rotatable bonds is 5. The third-order valence-corrected chi connectivity index (χ3v) is 3.57. The van der Waals surface area contributed by atoms with Gasteiger partial charge in [-0.05, 0) is 45.0 Å². The van der Waals surface area contributed by atoms with Crippen LogP contribution in [0.4, 0.5) is 0 Å². The Morgan fingerprint density at radius 3 is 1.84 bits per heavy atom. The van der Waals surface area contributed by atoms with Gasteiger partial charge in [-0.2, -0.15) is 0 Å². The molecule has 0 fully saturated rings. The van der Waals surface area contributed by atoms with E-state index in [1.165, 1.54) is 22.3 Å². The van der Waals surface area contributed by atoms with Gasteiger partial charge in [0, 0.05) is 5.92 Å². The molecule has 2 aromatic rings. The molecule has 0 saturated carbocycles. The van der Waals surface area contributed by atoms with Crippen LogP contribution >= 0.6 is 0 Å². The molecule has 1 N–H and O–H groups in total. The molecular weight excluding hydrogens is 230 g/mol. The second kappa shape index (κ2) is 6.53. The quantitative estimate of drug-likeness (QED) is 0.848. The standard InChI is InChI=1S/C18H23N/c1-14-6-4-8-16(12-14)18(10-11-19-3)17-9-5-7-15(2)13-17/h4-9,12-13,18-19H,10-11H2,1-3H3. The van der Waals surface area contributed by atoms with Gasteiger partial charge in [-0.25, -0.2) is 0 Å². The van der Waals surface area contributed by atoms with E-state index in [0.717, 1.165) is 13.0 Å². The molecule has 2 aromatic carbocycles. The van der Waals surface area contributed by atoms with Gasteiger partial charge in [0.25, 0.3) is 0 Å². The van der Waals surface area contributed by atoms with Crippen LogP contribution in [0.3, 0.4) is 0 Å². The number of hydrogen-bond donors (Lipinski definition) is 1. The molecule has 2 rings (SSSR count). The predicted molar refractivity (Wildman–Crippen MR) is 82.7 cm³/mol. The van der Waals surface area contributed by atoms with Crippen molar-refractivity contribution in [2.75, 3.05) is 13.6 Å². The van der Waals surface area contributed by atoms with Crippen LogP contribution in [-0.2, 0) is 0 Å². The van der Waals surface area contributed by atoms with E-state index in [9.17, 15) is 0 Å². The first-order valence-electron chi connectivity index (χ1n) is 6.98. The summed E-state index contributed by atoms with van der Waals surface area (Å²) in [5.74, 6) is 0.479. The minimum atomic E-state index is 0.479. The van der Waals surface area contributed by atoms with E-state index in [4.69, 9.17) is 0 Å². The van der Waals surface area contributed by atoms with Crippen LogP contribution in [0, 0.1) is 13.8 Å². The van der Waals surface area contributed by atoms with Crippen molar-refractivity contribution >= 4 is 0 Å². The average Bonchev–Trinajstić information content (AvgIpc) is 2.39. The summed E-state index contributed by atoms with van der Waals surface area (Å²) in [6.07, 6.45) is 1.13. The van der Waals surface area contributed by atoms with Crippen molar-refractivity contribution in [1.29, 1.82) is 0 Å². The molecule has 1 heteroatoms. The van der Waals surface area contributed by atoms with Gasteiger partial charge in [0.1, 0.15) is 0 Å². The summed E-state index contributed by atoms with van der Waals surface area (Å²) in [6.45, 7) is 5.36. The number of nitrogens with one attached hydrogen (secondary N) is 1. The predicted octanol–water partition coefficient (Wildman–Crippen LogP) is 4.04. The molecule has 0 aliphatic carbocycles. The molecule has 0 bridgehead atoms. The highest BCUT2D eigenvalue weighted by Crippen LogP contribution is 2.28. The van der Waals surface area contributed by atoms with Gasteiger partial charge in [-0.3, -0.25) is 0 Å². The van der Waals surface area contributed by atoms with Gasteiger partial charge in [0.05, 0.1) is 0 Å². The molecule has 0 amide bonds. The zero-order valence-corrected chi connectivity index (χ0v) is 12.1. The molecule has 0 heterocycles. The highest BCUT2D eigenvalue weighted by Gasteiger charge is 2.13. The third kappa shape index (κ3) is 3.68. The molecule has 1 nitrogen and oxygen atoms in total. The monoisotopic (exact) mass is 253 g/mol. The molecule has 0 saturated heterocycles. The van der Waals surface area contributed by atoms with Gasteiger partial charge < -0.3 is 5.32 Å². The lowest BCUT2D eigenvalue weighted by Crippen LogP contribution is -2.13. The maximum absolute atomic E-state index is 3.27. The number of aryl methyl sites for hydroxylation is 2. The van der Waals surface area contributed by atoms with Crippen LogP contribution in [0.5, 0.6) is 0 Å². The Bertz CT molecular complexity index is 485. The van der Waals surface area contributed by atoms with Crippen molar-refractivity contribution in [3.05, 3.63) is 70.8 Å². The average molecular weight is 253 g/mol. The molecule has 0 atom stereocenters. The lowest BCUT2D eigenvalue weighted by Gasteiger charge is -2.19. The molecule has 0 unspecified atom stereocenters. The molecule has 0 aliphatic heterocycles. The van der Waals surface area contributed by atoms with Crippen molar-refractivity contribution in [2.24, 2.45) is 0 Å². The fourth-order valence-electron chi connectivity index (χ4n) is 2.59. The molecule has 0 aromatic heterocycles. The van der Waals surface area contributed by atoms with Crippen LogP contribution in [0.25, 0.3) is 0 Å². The Labute approximate surface area is 116 Å². The van der Waals surface area contributed by atoms with E-state index in [2.05, 4.69) is 67.7 Å². The minimum absolute atomic E-state index is 0.479. The van der Waals surface area contributed by atoms with Crippen LogP contribution in [0.2, 0.25) is 0 Å². The second-order valence-electron chi connectivity index (χ2n) is 5.27. The zero-order valence-electron chi connectivity index (χ0n) is 12.1. The Morgan fingerprint density at radius 2 is 1.42 bits per heavy atom. The Balaban J connectivity index is 2.35. The van der Waals surface area contributed by atoms with Gasteiger partial charge in [-0.1, -0.05) is 59.7 Å². The van der Waals surface area contributed by atoms with Crippen LogP contribution < -0.4 is 5.32 Å². The highest BCUT2D eigenvalue weighted by molar-refractivity contribution is 5.36. The first-order valence-corrected chi connectivity index (χ1v) is 6.98. The van der Waals surface area contributed by atoms with Crippen LogP contribution in [0.15, 0.2) is 48.5 Å². The summed E-state index contributed by atoms with van der Waals surface area (Å²) in [4.78, 5) is 0. The van der Waals surface area contributed by atoms with Crippen molar-refractivity contribution in [3.8, 4) is 0 Å². The van der Waals surface area contributed by atoms with Crippen LogP contribution in [0.1, 0.15) is 34.6 Å². The van der Waals surface area contributed by atoms with Crippen molar-refractivity contribution < 1.29 is 0 Å². The topological polar surface area (TPSA) is 12.0 Å². The first kappa shape index (κ1) is 13.8. The lowest BCUT2D eigenvalue weighted by atomic mass is 9.87. The number of hydrogen-bond acceptors (Lipinski definition) is 1. The summed E-state index contributed by atoms with van der Waals surface area (Å²) in [5.41, 5.74) is 5.50. The van der Waals surface area contributed by atoms with Gasteiger partial charge in [-0.15, -0.1) is 0 Å². The molecule has 19 heavy (non-hydrogen) atoms. The summed E-state index contributed by atoms with van der Waals surface area (Å²) in [6, 6.07) is 17.8. The van der Waals surface area contributed by atoms with E-state index in [0.29, 0.717) is 5.92 Å². The Morgan fingerprint density at radius 1 is 0.895 bits per heavy atom. The molecule has 100 valence electrons. The normalized spacial score (nSPS) is 10.9. The van der Waals surface area contributed by atoms with E-state index in [-0.39, 0.29) is 0 Å². The minimum Gasteiger partial charge on any atom is -0.320 e. The Kier molecular flexibility index (Phi) is 4.75. The summed E-state index contributed by atoms with van der Waals surface area (Å²) < 4.78 is 0. The van der Waals surface area contributed by atoms with E-state index >= 15 is 0 Å². The van der Waals surface area contributed by atoms with E-state index in [1.54, 1.807) is 0 Å².